The topological polar surface area (TPSA) is 12.0 Å². The van der Waals surface area contributed by atoms with Gasteiger partial charge in [0.25, 0.3) is 0 Å². The van der Waals surface area contributed by atoms with Crippen LogP contribution >= 0.6 is 27.3 Å². The minimum Gasteiger partial charge on any atom is -0.314 e. The van der Waals surface area contributed by atoms with Crippen molar-refractivity contribution in [1.29, 1.82) is 0 Å². The summed E-state index contributed by atoms with van der Waals surface area (Å²) in [5, 5.41) is 5.99. The summed E-state index contributed by atoms with van der Waals surface area (Å²) in [5.74, 6) is 1.64. The lowest BCUT2D eigenvalue weighted by Gasteiger charge is -2.25. The molecular formula is C15H22BrNS. The van der Waals surface area contributed by atoms with Crippen LogP contribution in [-0.4, -0.2) is 12.6 Å². The standard InChI is InChI=1S/C15H22BrNS/c16-14-8-9-18-15(14)13-5-3-1-2-4-11(13)10-17-12-6-7-12/h8-9,11-13,17H,1-7,10H2. The van der Waals surface area contributed by atoms with Crippen LogP contribution in [0.15, 0.2) is 15.9 Å². The third-order valence-corrected chi connectivity index (χ3v) is 6.39. The number of rotatable bonds is 4. The molecule has 0 radical (unpaired) electrons. The van der Waals surface area contributed by atoms with Crippen LogP contribution in [0.5, 0.6) is 0 Å². The van der Waals surface area contributed by atoms with E-state index in [-0.39, 0.29) is 0 Å². The molecule has 18 heavy (non-hydrogen) atoms. The number of nitrogens with one attached hydrogen (secondary N) is 1. The average molecular weight is 328 g/mol. The van der Waals surface area contributed by atoms with E-state index in [1.165, 1.54) is 56.0 Å². The first-order valence-electron chi connectivity index (χ1n) is 7.31. The third kappa shape index (κ3) is 3.17. The Bertz CT molecular complexity index is 386. The summed E-state index contributed by atoms with van der Waals surface area (Å²) < 4.78 is 1.34. The Morgan fingerprint density at radius 1 is 1.17 bits per heavy atom. The molecule has 2 atom stereocenters. The van der Waals surface area contributed by atoms with Crippen LogP contribution in [0.4, 0.5) is 0 Å². The summed E-state index contributed by atoms with van der Waals surface area (Å²) >= 11 is 5.68. The molecule has 3 rings (SSSR count). The number of thiophene rings is 1. The SMILES string of the molecule is Brc1ccsc1C1CCCCCC1CNC1CC1. The Morgan fingerprint density at radius 2 is 2.00 bits per heavy atom. The molecule has 1 aromatic heterocycles. The Hall–Kier alpha value is 0.140. The van der Waals surface area contributed by atoms with Crippen LogP contribution in [-0.2, 0) is 0 Å². The van der Waals surface area contributed by atoms with Crippen molar-refractivity contribution in [2.75, 3.05) is 6.54 Å². The van der Waals surface area contributed by atoms with Crippen LogP contribution in [0.25, 0.3) is 0 Å². The van der Waals surface area contributed by atoms with Crippen molar-refractivity contribution in [3.05, 3.63) is 20.8 Å². The van der Waals surface area contributed by atoms with Gasteiger partial charge in [0.15, 0.2) is 0 Å². The number of hydrogen-bond donors (Lipinski definition) is 1. The van der Waals surface area contributed by atoms with Crippen LogP contribution in [0.3, 0.4) is 0 Å². The molecule has 0 spiro atoms. The van der Waals surface area contributed by atoms with E-state index in [4.69, 9.17) is 0 Å². The highest BCUT2D eigenvalue weighted by molar-refractivity contribution is 9.10. The van der Waals surface area contributed by atoms with E-state index in [1.807, 2.05) is 11.3 Å². The Labute approximate surface area is 122 Å². The van der Waals surface area contributed by atoms with Crippen molar-refractivity contribution in [3.8, 4) is 0 Å². The van der Waals surface area contributed by atoms with E-state index < -0.39 is 0 Å². The average Bonchev–Trinajstić information content (AvgIpc) is 3.14. The molecule has 2 aliphatic rings. The molecule has 3 heteroatoms. The fourth-order valence-corrected chi connectivity index (χ4v) is 5.05. The van der Waals surface area contributed by atoms with Gasteiger partial charge in [0.05, 0.1) is 0 Å². The van der Waals surface area contributed by atoms with Crippen molar-refractivity contribution in [2.24, 2.45) is 5.92 Å². The molecule has 0 aromatic carbocycles. The van der Waals surface area contributed by atoms with Crippen LogP contribution in [0.1, 0.15) is 55.7 Å². The monoisotopic (exact) mass is 327 g/mol. The number of halogens is 1. The Kier molecular flexibility index (Phi) is 4.42. The fourth-order valence-electron chi connectivity index (χ4n) is 3.15. The van der Waals surface area contributed by atoms with Gasteiger partial charge in [-0.1, -0.05) is 19.3 Å². The first kappa shape index (κ1) is 13.1. The van der Waals surface area contributed by atoms with E-state index in [0.717, 1.165) is 17.9 Å². The van der Waals surface area contributed by atoms with Gasteiger partial charge >= 0.3 is 0 Å². The smallest absolute Gasteiger partial charge is 0.0317 e. The third-order valence-electron chi connectivity index (χ3n) is 4.39. The summed E-state index contributed by atoms with van der Waals surface area (Å²) in [7, 11) is 0. The van der Waals surface area contributed by atoms with Gasteiger partial charge in [-0.15, -0.1) is 11.3 Å². The van der Waals surface area contributed by atoms with Crippen molar-refractivity contribution in [3.63, 3.8) is 0 Å². The molecule has 2 unspecified atom stereocenters. The molecule has 1 heterocycles. The lowest BCUT2D eigenvalue weighted by atomic mass is 9.86. The van der Waals surface area contributed by atoms with E-state index >= 15 is 0 Å². The van der Waals surface area contributed by atoms with Gasteiger partial charge in [-0.25, -0.2) is 0 Å². The second-order valence-electron chi connectivity index (χ2n) is 5.82. The second kappa shape index (κ2) is 6.06. The fraction of sp³-hybridized carbons (Fsp3) is 0.733. The van der Waals surface area contributed by atoms with Gasteiger partial charge in [0.2, 0.25) is 0 Å². The van der Waals surface area contributed by atoms with Gasteiger partial charge in [-0.05, 0) is 71.4 Å². The zero-order valence-corrected chi connectivity index (χ0v) is 13.2. The van der Waals surface area contributed by atoms with Gasteiger partial charge < -0.3 is 5.32 Å². The van der Waals surface area contributed by atoms with Gasteiger partial charge in [0, 0.05) is 15.4 Å². The minimum atomic E-state index is 0.785. The molecule has 2 fully saturated rings. The van der Waals surface area contributed by atoms with Crippen LogP contribution in [0.2, 0.25) is 0 Å². The largest absolute Gasteiger partial charge is 0.314 e. The van der Waals surface area contributed by atoms with E-state index in [2.05, 4.69) is 32.7 Å². The highest BCUT2D eigenvalue weighted by Gasteiger charge is 2.29. The highest BCUT2D eigenvalue weighted by Crippen LogP contribution is 2.42. The zero-order chi connectivity index (χ0) is 12.4. The van der Waals surface area contributed by atoms with E-state index in [1.54, 1.807) is 4.88 Å². The lowest BCUT2D eigenvalue weighted by Crippen LogP contribution is -2.28. The van der Waals surface area contributed by atoms with E-state index in [9.17, 15) is 0 Å². The predicted molar refractivity (Wildman–Crippen MR) is 82.4 cm³/mol. The molecule has 1 N–H and O–H groups in total. The summed E-state index contributed by atoms with van der Waals surface area (Å²) in [6.07, 6.45) is 9.87. The van der Waals surface area contributed by atoms with Crippen molar-refractivity contribution in [1.82, 2.24) is 5.32 Å². The maximum atomic E-state index is 3.75. The van der Waals surface area contributed by atoms with Gasteiger partial charge in [-0.2, -0.15) is 0 Å². The number of hydrogen-bond acceptors (Lipinski definition) is 2. The maximum absolute atomic E-state index is 3.75. The molecular weight excluding hydrogens is 306 g/mol. The van der Waals surface area contributed by atoms with Crippen molar-refractivity contribution >= 4 is 27.3 Å². The molecule has 0 amide bonds. The van der Waals surface area contributed by atoms with Gasteiger partial charge in [0.1, 0.15) is 0 Å². The quantitative estimate of drug-likeness (QED) is 0.773. The molecule has 100 valence electrons. The predicted octanol–water partition coefficient (Wildman–Crippen LogP) is 4.93. The van der Waals surface area contributed by atoms with Gasteiger partial charge in [-0.3, -0.25) is 0 Å². The van der Waals surface area contributed by atoms with Crippen molar-refractivity contribution < 1.29 is 0 Å². The molecule has 0 bridgehead atoms. The molecule has 2 aliphatic carbocycles. The summed E-state index contributed by atoms with van der Waals surface area (Å²) in [6, 6.07) is 3.07. The Balaban J connectivity index is 1.71. The van der Waals surface area contributed by atoms with E-state index in [0.29, 0.717) is 0 Å². The molecule has 2 saturated carbocycles. The highest BCUT2D eigenvalue weighted by atomic mass is 79.9. The minimum absolute atomic E-state index is 0.785. The summed E-state index contributed by atoms with van der Waals surface area (Å²) in [5.41, 5.74) is 0. The zero-order valence-electron chi connectivity index (χ0n) is 10.8. The Morgan fingerprint density at radius 3 is 2.72 bits per heavy atom. The molecule has 0 aliphatic heterocycles. The summed E-state index contributed by atoms with van der Waals surface area (Å²) in [6.45, 7) is 1.24. The molecule has 1 nitrogen and oxygen atoms in total. The molecule has 0 saturated heterocycles. The second-order valence-corrected chi connectivity index (χ2v) is 7.62. The van der Waals surface area contributed by atoms with Crippen LogP contribution < -0.4 is 5.32 Å². The molecule has 1 aromatic rings. The normalized spacial score (nSPS) is 29.2. The first-order valence-corrected chi connectivity index (χ1v) is 8.98. The maximum Gasteiger partial charge on any atom is 0.0317 e. The van der Waals surface area contributed by atoms with Crippen LogP contribution in [0, 0.1) is 5.92 Å². The first-order chi connectivity index (χ1) is 8.84. The van der Waals surface area contributed by atoms with Crippen molar-refractivity contribution in [2.45, 2.75) is 56.9 Å². The lowest BCUT2D eigenvalue weighted by molar-refractivity contribution is 0.377. The summed E-state index contributed by atoms with van der Waals surface area (Å²) in [4.78, 5) is 1.60.